The molecule has 1 fully saturated rings. The van der Waals surface area contributed by atoms with Crippen LogP contribution in [-0.4, -0.2) is 18.8 Å². The lowest BCUT2D eigenvalue weighted by atomic mass is 10.3. The van der Waals surface area contributed by atoms with Crippen LogP contribution in [0.1, 0.15) is 19.8 Å². The van der Waals surface area contributed by atoms with Crippen molar-refractivity contribution in [3.8, 4) is 0 Å². The van der Waals surface area contributed by atoms with Crippen molar-refractivity contribution in [1.82, 2.24) is 5.32 Å². The summed E-state index contributed by atoms with van der Waals surface area (Å²) in [6.45, 7) is 1.67. The maximum absolute atomic E-state index is 11.9. The Kier molecular flexibility index (Phi) is 2.42. The third kappa shape index (κ3) is 3.10. The van der Waals surface area contributed by atoms with Gasteiger partial charge in [-0.15, -0.1) is 0 Å². The minimum absolute atomic E-state index is 0.500. The quantitative estimate of drug-likeness (QED) is 0.677. The molecular formula is C7H12F3N. The van der Waals surface area contributed by atoms with Crippen LogP contribution >= 0.6 is 0 Å². The van der Waals surface area contributed by atoms with Crippen LogP contribution in [0.25, 0.3) is 0 Å². The predicted molar refractivity (Wildman–Crippen MR) is 36.2 cm³/mol. The van der Waals surface area contributed by atoms with Gasteiger partial charge in [-0.25, -0.2) is 0 Å². The van der Waals surface area contributed by atoms with Gasteiger partial charge in [-0.3, -0.25) is 0 Å². The van der Waals surface area contributed by atoms with Crippen molar-refractivity contribution in [2.75, 3.05) is 6.54 Å². The summed E-state index contributed by atoms with van der Waals surface area (Å²) in [5.41, 5.74) is 0. The highest BCUT2D eigenvalue weighted by Gasteiger charge is 2.36. The van der Waals surface area contributed by atoms with Crippen LogP contribution in [0.5, 0.6) is 0 Å². The van der Waals surface area contributed by atoms with Gasteiger partial charge < -0.3 is 5.32 Å². The van der Waals surface area contributed by atoms with E-state index >= 15 is 0 Å². The molecule has 1 unspecified atom stereocenters. The number of nitrogens with one attached hydrogen (secondary N) is 1. The number of halogens is 3. The van der Waals surface area contributed by atoms with Crippen molar-refractivity contribution in [3.63, 3.8) is 0 Å². The van der Waals surface area contributed by atoms with E-state index in [0.29, 0.717) is 12.5 Å². The molecule has 1 saturated carbocycles. The van der Waals surface area contributed by atoms with Gasteiger partial charge in [0.25, 0.3) is 0 Å². The Bertz CT molecular complexity index is 128. The molecule has 0 spiro atoms. The Morgan fingerprint density at radius 1 is 1.45 bits per heavy atom. The van der Waals surface area contributed by atoms with Gasteiger partial charge in [0.1, 0.15) is 6.04 Å². The normalized spacial score (nSPS) is 21.8. The first kappa shape index (κ1) is 8.84. The third-order valence-corrected chi connectivity index (χ3v) is 1.90. The van der Waals surface area contributed by atoms with E-state index in [9.17, 15) is 13.2 Å². The number of alkyl halides is 3. The molecule has 0 aliphatic heterocycles. The average molecular weight is 167 g/mol. The molecule has 0 bridgehead atoms. The topological polar surface area (TPSA) is 12.0 Å². The standard InChI is InChI=1S/C7H12F3N/c1-5(7(8,9)10)11-4-6-2-3-6/h5-6,11H,2-4H2,1H3. The molecule has 0 heterocycles. The highest BCUT2D eigenvalue weighted by molar-refractivity contribution is 4.78. The van der Waals surface area contributed by atoms with Gasteiger partial charge in [-0.05, 0) is 32.2 Å². The van der Waals surface area contributed by atoms with Crippen molar-refractivity contribution >= 4 is 0 Å². The van der Waals surface area contributed by atoms with Crippen LogP contribution in [0.15, 0.2) is 0 Å². The average Bonchev–Trinajstić information content (AvgIpc) is 2.62. The van der Waals surface area contributed by atoms with Gasteiger partial charge in [0.05, 0.1) is 0 Å². The Hall–Kier alpha value is -0.250. The van der Waals surface area contributed by atoms with Crippen LogP contribution in [0.3, 0.4) is 0 Å². The van der Waals surface area contributed by atoms with Crippen LogP contribution in [0, 0.1) is 5.92 Å². The van der Waals surface area contributed by atoms with Gasteiger partial charge in [-0.1, -0.05) is 0 Å². The molecule has 1 N–H and O–H groups in total. The molecule has 1 nitrogen and oxygen atoms in total. The third-order valence-electron chi connectivity index (χ3n) is 1.90. The molecule has 0 amide bonds. The predicted octanol–water partition coefficient (Wildman–Crippen LogP) is 1.94. The molecule has 66 valence electrons. The Morgan fingerprint density at radius 2 is 2.00 bits per heavy atom. The molecule has 0 aromatic heterocycles. The van der Waals surface area contributed by atoms with Crippen LogP contribution < -0.4 is 5.32 Å². The first-order valence-electron chi connectivity index (χ1n) is 3.80. The van der Waals surface area contributed by atoms with E-state index in [4.69, 9.17) is 0 Å². The van der Waals surface area contributed by atoms with Crippen LogP contribution in [-0.2, 0) is 0 Å². The van der Waals surface area contributed by atoms with E-state index in [1.54, 1.807) is 0 Å². The Labute approximate surface area is 64.0 Å². The summed E-state index contributed by atoms with van der Waals surface area (Å²) >= 11 is 0. The summed E-state index contributed by atoms with van der Waals surface area (Å²) < 4.78 is 35.6. The molecule has 0 aromatic rings. The highest BCUT2D eigenvalue weighted by atomic mass is 19.4. The highest BCUT2D eigenvalue weighted by Crippen LogP contribution is 2.28. The fourth-order valence-corrected chi connectivity index (χ4v) is 0.781. The zero-order chi connectivity index (χ0) is 8.48. The van der Waals surface area contributed by atoms with Crippen molar-refractivity contribution in [1.29, 1.82) is 0 Å². The lowest BCUT2D eigenvalue weighted by Crippen LogP contribution is -2.40. The number of hydrogen-bond donors (Lipinski definition) is 1. The lowest BCUT2D eigenvalue weighted by molar-refractivity contribution is -0.151. The molecule has 1 aliphatic rings. The van der Waals surface area contributed by atoms with E-state index in [1.165, 1.54) is 0 Å². The second-order valence-corrected chi connectivity index (χ2v) is 3.11. The minimum Gasteiger partial charge on any atom is -0.306 e. The summed E-state index contributed by atoms with van der Waals surface area (Å²) in [6, 6.07) is -1.36. The van der Waals surface area contributed by atoms with Gasteiger partial charge in [0.15, 0.2) is 0 Å². The molecule has 0 saturated heterocycles. The SMILES string of the molecule is CC(NCC1CC1)C(F)(F)F. The summed E-state index contributed by atoms with van der Waals surface area (Å²) in [4.78, 5) is 0. The van der Waals surface area contributed by atoms with Gasteiger partial charge in [0, 0.05) is 0 Å². The smallest absolute Gasteiger partial charge is 0.306 e. The fraction of sp³-hybridized carbons (Fsp3) is 1.00. The molecule has 4 heteroatoms. The molecule has 0 radical (unpaired) electrons. The van der Waals surface area contributed by atoms with Crippen LogP contribution in [0.4, 0.5) is 13.2 Å². The molecule has 1 aliphatic carbocycles. The largest absolute Gasteiger partial charge is 0.403 e. The molecule has 1 atom stereocenters. The molecular weight excluding hydrogens is 155 g/mol. The molecule has 1 rings (SSSR count). The van der Waals surface area contributed by atoms with E-state index in [-0.39, 0.29) is 0 Å². The number of hydrogen-bond acceptors (Lipinski definition) is 1. The second-order valence-electron chi connectivity index (χ2n) is 3.11. The molecule has 11 heavy (non-hydrogen) atoms. The number of rotatable bonds is 3. The maximum Gasteiger partial charge on any atom is 0.403 e. The van der Waals surface area contributed by atoms with E-state index in [0.717, 1.165) is 19.8 Å². The first-order chi connectivity index (χ1) is 5.00. The monoisotopic (exact) mass is 167 g/mol. The van der Waals surface area contributed by atoms with Gasteiger partial charge in [0.2, 0.25) is 0 Å². The van der Waals surface area contributed by atoms with Crippen molar-refractivity contribution in [3.05, 3.63) is 0 Å². The summed E-state index contributed by atoms with van der Waals surface area (Å²) in [7, 11) is 0. The van der Waals surface area contributed by atoms with Gasteiger partial charge in [-0.2, -0.15) is 13.2 Å². The van der Waals surface area contributed by atoms with Crippen molar-refractivity contribution in [2.45, 2.75) is 32.0 Å². The van der Waals surface area contributed by atoms with E-state index in [2.05, 4.69) is 5.32 Å². The first-order valence-corrected chi connectivity index (χ1v) is 3.80. The fourth-order valence-electron chi connectivity index (χ4n) is 0.781. The van der Waals surface area contributed by atoms with E-state index < -0.39 is 12.2 Å². The maximum atomic E-state index is 11.9. The van der Waals surface area contributed by atoms with Crippen LogP contribution in [0.2, 0.25) is 0 Å². The Morgan fingerprint density at radius 3 is 2.36 bits per heavy atom. The summed E-state index contributed by atoms with van der Waals surface area (Å²) in [5.74, 6) is 0.500. The van der Waals surface area contributed by atoms with Crippen molar-refractivity contribution < 1.29 is 13.2 Å². The molecule has 0 aromatic carbocycles. The van der Waals surface area contributed by atoms with Gasteiger partial charge >= 0.3 is 6.18 Å². The Balaban J connectivity index is 2.13. The van der Waals surface area contributed by atoms with E-state index in [1.807, 2.05) is 0 Å². The summed E-state index contributed by atoms with van der Waals surface area (Å²) in [5, 5.41) is 2.46. The zero-order valence-corrected chi connectivity index (χ0v) is 6.41. The zero-order valence-electron chi connectivity index (χ0n) is 6.41. The minimum atomic E-state index is -4.09. The van der Waals surface area contributed by atoms with Crippen molar-refractivity contribution in [2.24, 2.45) is 5.92 Å². The lowest BCUT2D eigenvalue weighted by Gasteiger charge is -2.16. The second kappa shape index (κ2) is 3.01. The summed E-state index contributed by atoms with van der Waals surface area (Å²) in [6.07, 6.45) is -1.93.